The summed E-state index contributed by atoms with van der Waals surface area (Å²) in [5.74, 6) is 5.09. The number of nitrogens with one attached hydrogen (secondary N) is 2. The van der Waals surface area contributed by atoms with E-state index in [1.165, 1.54) is 36.5 Å². The topological polar surface area (TPSA) is 97.1 Å². The lowest BCUT2D eigenvalue weighted by atomic mass is 10.2. The Bertz CT molecular complexity index is 689. The Morgan fingerprint density at radius 2 is 2.05 bits per heavy atom. The molecule has 0 aliphatic carbocycles. The third-order valence-corrected chi connectivity index (χ3v) is 3.94. The van der Waals surface area contributed by atoms with Crippen molar-refractivity contribution in [3.05, 3.63) is 54.0 Å². The Labute approximate surface area is 115 Å². The fourth-order valence-corrected chi connectivity index (χ4v) is 2.50. The summed E-state index contributed by atoms with van der Waals surface area (Å²) in [5, 5.41) is 0. The Morgan fingerprint density at radius 1 is 1.25 bits per heavy atom. The van der Waals surface area contributed by atoms with Crippen LogP contribution in [0.3, 0.4) is 0 Å². The fourth-order valence-electron chi connectivity index (χ4n) is 1.53. The molecule has 0 saturated heterocycles. The number of aromatic nitrogens is 1. The van der Waals surface area contributed by atoms with E-state index in [1.54, 1.807) is 6.07 Å². The first-order valence-electron chi connectivity index (χ1n) is 5.68. The van der Waals surface area contributed by atoms with Crippen molar-refractivity contribution in [1.82, 2.24) is 9.71 Å². The number of nitrogen functional groups attached to an aromatic ring is 1. The Kier molecular flexibility index (Phi) is 4.28. The Hall–Kier alpha value is -2.03. The average molecular weight is 296 g/mol. The summed E-state index contributed by atoms with van der Waals surface area (Å²) >= 11 is 0. The van der Waals surface area contributed by atoms with Crippen LogP contribution < -0.4 is 16.0 Å². The highest BCUT2D eigenvalue weighted by Gasteiger charge is 2.14. The van der Waals surface area contributed by atoms with Crippen LogP contribution in [0.15, 0.2) is 47.5 Å². The minimum absolute atomic E-state index is 0.00299. The quantitative estimate of drug-likeness (QED) is 0.564. The van der Waals surface area contributed by atoms with E-state index in [9.17, 15) is 12.8 Å². The van der Waals surface area contributed by atoms with Crippen LogP contribution >= 0.6 is 0 Å². The van der Waals surface area contributed by atoms with Crippen LogP contribution in [0, 0.1) is 5.82 Å². The van der Waals surface area contributed by atoms with E-state index in [1.807, 2.05) is 0 Å². The van der Waals surface area contributed by atoms with Crippen molar-refractivity contribution >= 4 is 15.8 Å². The smallest absolute Gasteiger partial charge is 0.242 e. The van der Waals surface area contributed by atoms with Crippen molar-refractivity contribution in [1.29, 1.82) is 0 Å². The number of benzene rings is 1. The molecule has 2 rings (SSSR count). The maximum absolute atomic E-state index is 13.0. The van der Waals surface area contributed by atoms with E-state index in [2.05, 4.69) is 15.1 Å². The van der Waals surface area contributed by atoms with Gasteiger partial charge in [-0.2, -0.15) is 0 Å². The second-order valence-corrected chi connectivity index (χ2v) is 5.74. The number of anilines is 1. The van der Waals surface area contributed by atoms with Crippen LogP contribution in [0.1, 0.15) is 5.56 Å². The molecule has 0 atom stereocenters. The van der Waals surface area contributed by atoms with Crippen LogP contribution in [0.2, 0.25) is 0 Å². The molecule has 0 aliphatic rings. The number of nitrogens with two attached hydrogens (primary N) is 1. The molecule has 0 fully saturated rings. The lowest BCUT2D eigenvalue weighted by molar-refractivity contribution is 0.580. The van der Waals surface area contributed by atoms with Gasteiger partial charge in [-0.05, 0) is 29.8 Å². The van der Waals surface area contributed by atoms with Gasteiger partial charge < -0.3 is 5.43 Å². The van der Waals surface area contributed by atoms with Crippen LogP contribution in [0.25, 0.3) is 0 Å². The highest BCUT2D eigenvalue weighted by Crippen LogP contribution is 2.11. The third kappa shape index (κ3) is 3.50. The molecular weight excluding hydrogens is 283 g/mol. The van der Waals surface area contributed by atoms with Crippen molar-refractivity contribution in [2.24, 2.45) is 5.84 Å². The maximum Gasteiger partial charge on any atom is 0.242 e. The Morgan fingerprint density at radius 3 is 2.65 bits per heavy atom. The van der Waals surface area contributed by atoms with Gasteiger partial charge in [-0.3, -0.25) is 0 Å². The summed E-state index contributed by atoms with van der Waals surface area (Å²) in [7, 11) is -3.70. The Balaban J connectivity index is 2.10. The minimum Gasteiger partial charge on any atom is -0.308 e. The zero-order valence-electron chi connectivity index (χ0n) is 10.4. The minimum atomic E-state index is -3.70. The van der Waals surface area contributed by atoms with Gasteiger partial charge in [0.05, 0.1) is 0 Å². The summed E-state index contributed by atoms with van der Waals surface area (Å²) in [6.45, 7) is -0.00299. The molecular formula is C12H13FN4O2S. The average Bonchev–Trinajstić information content (AvgIpc) is 2.45. The normalized spacial score (nSPS) is 11.3. The zero-order valence-corrected chi connectivity index (χ0v) is 11.2. The van der Waals surface area contributed by atoms with Gasteiger partial charge in [0.1, 0.15) is 16.5 Å². The molecule has 8 heteroatoms. The second-order valence-electron chi connectivity index (χ2n) is 3.98. The number of rotatable bonds is 5. The van der Waals surface area contributed by atoms with Crippen LogP contribution in [0.5, 0.6) is 0 Å². The van der Waals surface area contributed by atoms with Gasteiger partial charge >= 0.3 is 0 Å². The van der Waals surface area contributed by atoms with Gasteiger partial charge in [0.2, 0.25) is 10.0 Å². The van der Waals surface area contributed by atoms with Gasteiger partial charge in [-0.25, -0.2) is 28.4 Å². The fraction of sp³-hybridized carbons (Fsp3) is 0.0833. The number of pyridine rings is 1. The van der Waals surface area contributed by atoms with Gasteiger partial charge in [-0.15, -0.1) is 0 Å². The monoisotopic (exact) mass is 296 g/mol. The van der Waals surface area contributed by atoms with E-state index in [4.69, 9.17) is 5.84 Å². The summed E-state index contributed by atoms with van der Waals surface area (Å²) in [5.41, 5.74) is 2.83. The lowest BCUT2D eigenvalue weighted by Gasteiger charge is -2.07. The highest BCUT2D eigenvalue weighted by atomic mass is 32.2. The van der Waals surface area contributed by atoms with Gasteiger partial charge in [0.25, 0.3) is 0 Å². The third-order valence-electron chi connectivity index (χ3n) is 2.55. The van der Waals surface area contributed by atoms with E-state index < -0.39 is 15.8 Å². The first kappa shape index (κ1) is 14.4. The molecule has 20 heavy (non-hydrogen) atoms. The predicted octanol–water partition coefficient (Wildman–Crippen LogP) is 0.985. The molecule has 2 aromatic rings. The van der Waals surface area contributed by atoms with Crippen LogP contribution in [-0.2, 0) is 16.6 Å². The molecule has 0 saturated carbocycles. The van der Waals surface area contributed by atoms with E-state index >= 15 is 0 Å². The van der Waals surface area contributed by atoms with Crippen molar-refractivity contribution in [3.8, 4) is 0 Å². The van der Waals surface area contributed by atoms with Crippen molar-refractivity contribution < 1.29 is 12.8 Å². The lowest BCUT2D eigenvalue weighted by Crippen LogP contribution is -2.23. The molecule has 0 bridgehead atoms. The molecule has 0 amide bonds. The zero-order chi connectivity index (χ0) is 14.6. The number of hydrogen-bond acceptors (Lipinski definition) is 5. The number of hydrazine groups is 1. The molecule has 0 aliphatic heterocycles. The number of hydrogen-bond donors (Lipinski definition) is 3. The van der Waals surface area contributed by atoms with Crippen molar-refractivity contribution in [2.45, 2.75) is 11.4 Å². The van der Waals surface area contributed by atoms with Crippen molar-refractivity contribution in [2.75, 3.05) is 5.43 Å². The maximum atomic E-state index is 13.0. The number of halogens is 1. The number of nitrogens with zero attached hydrogens (tertiary/aromatic N) is 1. The molecule has 6 nitrogen and oxygen atoms in total. The molecule has 0 spiro atoms. The summed E-state index contributed by atoms with van der Waals surface area (Å²) < 4.78 is 39.3. The number of sulfonamides is 1. The first-order chi connectivity index (χ1) is 9.51. The molecule has 1 heterocycles. The van der Waals surface area contributed by atoms with Crippen molar-refractivity contribution in [3.63, 3.8) is 0 Å². The highest BCUT2D eigenvalue weighted by molar-refractivity contribution is 7.89. The van der Waals surface area contributed by atoms with E-state index in [0.717, 1.165) is 0 Å². The molecule has 1 aromatic heterocycles. The molecule has 0 unspecified atom stereocenters. The largest absolute Gasteiger partial charge is 0.308 e. The van der Waals surface area contributed by atoms with Crippen LogP contribution in [-0.4, -0.2) is 13.4 Å². The molecule has 1 aromatic carbocycles. The van der Waals surface area contributed by atoms with E-state index in [0.29, 0.717) is 11.4 Å². The molecule has 106 valence electrons. The van der Waals surface area contributed by atoms with Gasteiger partial charge in [0, 0.05) is 12.7 Å². The molecule has 0 radical (unpaired) electrons. The first-order valence-corrected chi connectivity index (χ1v) is 7.16. The molecule has 4 N–H and O–H groups in total. The van der Waals surface area contributed by atoms with Crippen LogP contribution in [0.4, 0.5) is 10.2 Å². The summed E-state index contributed by atoms with van der Waals surface area (Å²) in [4.78, 5) is 3.82. The standard InChI is InChI=1S/C12H13FN4O2S/c13-10-3-1-2-9(6-10)7-16-20(18,19)11-4-5-12(17-14)15-8-11/h1-6,8,16H,7,14H2,(H,15,17). The summed E-state index contributed by atoms with van der Waals surface area (Å²) in [6, 6.07) is 8.52. The summed E-state index contributed by atoms with van der Waals surface area (Å²) in [6.07, 6.45) is 1.18. The van der Waals surface area contributed by atoms with Gasteiger partial charge in [0.15, 0.2) is 0 Å². The van der Waals surface area contributed by atoms with E-state index in [-0.39, 0.29) is 11.4 Å². The second kappa shape index (κ2) is 5.95. The van der Waals surface area contributed by atoms with Gasteiger partial charge in [-0.1, -0.05) is 12.1 Å². The predicted molar refractivity (Wildman–Crippen MR) is 72.5 cm³/mol. The SMILES string of the molecule is NNc1ccc(S(=O)(=O)NCc2cccc(F)c2)cn1.